The van der Waals surface area contributed by atoms with Crippen LogP contribution < -0.4 is 38.1 Å². The number of H-pyrrole nitrogens is 1. The van der Waals surface area contributed by atoms with Gasteiger partial charge in [0.2, 0.25) is 41.4 Å². The molecule has 1 aromatic heterocycles. The number of fused-ring (bicyclic) bond motifs is 4. The van der Waals surface area contributed by atoms with Crippen molar-refractivity contribution in [1.29, 1.82) is 0 Å². The summed E-state index contributed by atoms with van der Waals surface area (Å²) in [6.07, 6.45) is 3.74. The smallest absolute Gasteiger partial charge is 0.246 e. The Morgan fingerprint density at radius 3 is 2.30 bits per heavy atom. The van der Waals surface area contributed by atoms with Crippen LogP contribution in [0.15, 0.2) is 90.1 Å². The minimum Gasteiger partial charge on any atom is -0.370 e. The Morgan fingerprint density at radius 1 is 0.803 bits per heavy atom. The number of nitrogens with zero attached hydrogens (tertiary/aromatic N) is 3. The molecule has 348 valence electrons. The minimum absolute atomic E-state index is 0.0601. The number of aromatic nitrogens is 1. The number of carbonyl (C=O) groups excluding carboxylic acids is 7. The molecule has 3 aliphatic rings. The predicted molar refractivity (Wildman–Crippen MR) is 247 cm³/mol. The normalized spacial score (nSPS) is 22.3. The summed E-state index contributed by atoms with van der Waals surface area (Å²) in [6, 6.07) is 17.9. The maximum atomic E-state index is 15.0. The topological polar surface area (TPSA) is 266 Å². The standard InChI is InChI=1S/C48H59N11O7/c1-29(60)54-38(24-30-12-3-2-4-13-30)43(62)56-37-19-10-21-51-42(61)36(18-9-22-52-48(49)50)55-44(63)39(25-33-27-53-35-17-8-7-16-34(33)35)57-45(64)41-26-31-14-5-6-15-32(31)28-59(41)47(66)40-20-11-23-58(40)46(37)65/h2-8,12-17,27,36-41,53H,9-11,18-26,28H2,1H3,(H,51,61)(H,54,60)(H,55,63)(H,56,62)(H,57,64)(H4,49,50,52)/t36-,37-,38-,39-,40-,41-/m0/s1. The van der Waals surface area contributed by atoms with Gasteiger partial charge in [-0.25, -0.2) is 0 Å². The molecule has 6 atom stereocenters. The van der Waals surface area contributed by atoms with Gasteiger partial charge in [0.05, 0.1) is 0 Å². The average molecular weight is 902 g/mol. The third-order valence-electron chi connectivity index (χ3n) is 12.5. The van der Waals surface area contributed by atoms with E-state index >= 15 is 0 Å². The zero-order valence-electron chi connectivity index (χ0n) is 37.1. The highest BCUT2D eigenvalue weighted by molar-refractivity contribution is 5.98. The molecule has 4 heterocycles. The van der Waals surface area contributed by atoms with E-state index in [1.807, 2.05) is 78.9 Å². The van der Waals surface area contributed by atoms with Crippen LogP contribution in [0.5, 0.6) is 0 Å². The van der Waals surface area contributed by atoms with Gasteiger partial charge in [0.15, 0.2) is 5.96 Å². The lowest BCUT2D eigenvalue weighted by Gasteiger charge is -2.40. The van der Waals surface area contributed by atoms with Crippen LogP contribution in [0.1, 0.15) is 67.7 Å². The van der Waals surface area contributed by atoms with E-state index in [4.69, 9.17) is 11.5 Å². The highest BCUT2D eigenvalue weighted by Crippen LogP contribution is 2.29. The van der Waals surface area contributed by atoms with E-state index < -0.39 is 77.6 Å². The summed E-state index contributed by atoms with van der Waals surface area (Å²) in [5, 5.41) is 15.2. The van der Waals surface area contributed by atoms with Crippen LogP contribution >= 0.6 is 0 Å². The molecule has 0 radical (unpaired) electrons. The Morgan fingerprint density at radius 2 is 1.53 bits per heavy atom. The van der Waals surface area contributed by atoms with Crippen molar-refractivity contribution in [3.8, 4) is 0 Å². The fraction of sp³-hybridized carbons (Fsp3) is 0.417. The number of hydrogen-bond acceptors (Lipinski definition) is 8. The predicted octanol–water partition coefficient (Wildman–Crippen LogP) is 0.820. The summed E-state index contributed by atoms with van der Waals surface area (Å²) >= 11 is 0. The molecule has 66 heavy (non-hydrogen) atoms. The molecule has 0 saturated carbocycles. The number of nitrogens with two attached hydrogens (primary N) is 2. The van der Waals surface area contributed by atoms with Gasteiger partial charge in [-0.1, -0.05) is 72.8 Å². The first-order valence-corrected chi connectivity index (χ1v) is 22.6. The van der Waals surface area contributed by atoms with Gasteiger partial charge < -0.3 is 52.8 Å². The lowest BCUT2D eigenvalue weighted by Crippen LogP contribution is -2.62. The van der Waals surface area contributed by atoms with Crippen LogP contribution in [-0.2, 0) is 59.4 Å². The molecule has 7 amide bonds. The van der Waals surface area contributed by atoms with E-state index in [-0.39, 0.29) is 70.7 Å². The Hall–Kier alpha value is -7.24. The van der Waals surface area contributed by atoms with E-state index in [2.05, 4.69) is 36.6 Å². The second-order valence-corrected chi connectivity index (χ2v) is 17.2. The molecule has 7 rings (SSSR count). The van der Waals surface area contributed by atoms with Gasteiger partial charge in [-0.3, -0.25) is 38.6 Å². The number of nitrogens with one attached hydrogen (secondary N) is 6. The number of amides is 7. The number of rotatable bonds is 11. The van der Waals surface area contributed by atoms with Crippen molar-refractivity contribution in [2.24, 2.45) is 16.5 Å². The van der Waals surface area contributed by atoms with Crippen LogP contribution in [0, 0.1) is 0 Å². The van der Waals surface area contributed by atoms with Crippen molar-refractivity contribution in [1.82, 2.24) is 41.4 Å². The first kappa shape index (κ1) is 46.7. The average Bonchev–Trinajstić information content (AvgIpc) is 3.97. The zero-order chi connectivity index (χ0) is 46.7. The van der Waals surface area contributed by atoms with Gasteiger partial charge in [-0.2, -0.15) is 0 Å². The second kappa shape index (κ2) is 21.6. The molecular formula is C48H59N11O7. The van der Waals surface area contributed by atoms with Crippen LogP contribution in [-0.4, -0.2) is 118 Å². The van der Waals surface area contributed by atoms with Crippen molar-refractivity contribution in [3.05, 3.63) is 107 Å². The first-order valence-electron chi connectivity index (χ1n) is 22.6. The molecule has 2 fully saturated rings. The van der Waals surface area contributed by atoms with Crippen LogP contribution in [0.3, 0.4) is 0 Å². The monoisotopic (exact) mass is 901 g/mol. The summed E-state index contributed by atoms with van der Waals surface area (Å²) in [7, 11) is 0. The van der Waals surface area contributed by atoms with Crippen molar-refractivity contribution >= 4 is 58.2 Å². The summed E-state index contributed by atoms with van der Waals surface area (Å²) in [5.74, 6) is -3.74. The van der Waals surface area contributed by atoms with E-state index in [1.54, 1.807) is 6.20 Å². The molecule has 0 unspecified atom stereocenters. The van der Waals surface area contributed by atoms with E-state index in [0.29, 0.717) is 19.3 Å². The van der Waals surface area contributed by atoms with Gasteiger partial charge in [0.25, 0.3) is 0 Å². The summed E-state index contributed by atoms with van der Waals surface area (Å²) in [4.78, 5) is 110. The molecule has 2 saturated heterocycles. The number of benzene rings is 3. The van der Waals surface area contributed by atoms with E-state index in [1.165, 1.54) is 16.7 Å². The minimum atomic E-state index is -1.17. The van der Waals surface area contributed by atoms with E-state index in [9.17, 15) is 33.6 Å². The molecule has 10 N–H and O–H groups in total. The van der Waals surface area contributed by atoms with Crippen molar-refractivity contribution in [2.45, 2.75) is 108 Å². The van der Waals surface area contributed by atoms with Crippen LogP contribution in [0.4, 0.5) is 0 Å². The van der Waals surface area contributed by atoms with Gasteiger partial charge in [0.1, 0.15) is 36.3 Å². The Balaban J connectivity index is 1.23. The highest BCUT2D eigenvalue weighted by atomic mass is 16.2. The summed E-state index contributed by atoms with van der Waals surface area (Å²) < 4.78 is 0. The Bertz CT molecular complexity index is 2450. The van der Waals surface area contributed by atoms with Crippen molar-refractivity contribution in [2.75, 3.05) is 19.6 Å². The molecule has 0 spiro atoms. The van der Waals surface area contributed by atoms with Crippen molar-refractivity contribution < 1.29 is 33.6 Å². The first-order chi connectivity index (χ1) is 31.9. The maximum absolute atomic E-state index is 15.0. The molecule has 3 aliphatic heterocycles. The van der Waals surface area contributed by atoms with Gasteiger partial charge in [-0.15, -0.1) is 0 Å². The lowest BCUT2D eigenvalue weighted by atomic mass is 9.92. The number of carbonyl (C=O) groups is 7. The third kappa shape index (κ3) is 11.5. The molecule has 4 aromatic rings. The van der Waals surface area contributed by atoms with Gasteiger partial charge >= 0.3 is 0 Å². The number of hydrogen-bond donors (Lipinski definition) is 8. The molecular weight excluding hydrogens is 843 g/mol. The Kier molecular flexibility index (Phi) is 15.3. The van der Waals surface area contributed by atoms with Gasteiger partial charge in [-0.05, 0) is 66.8 Å². The zero-order valence-corrected chi connectivity index (χ0v) is 37.1. The SMILES string of the molecule is CC(=O)N[C@@H](Cc1ccccc1)C(=O)N[C@H]1CCCNC(=O)[C@H](CCCN=C(N)N)NC(=O)[C@H](Cc2c[nH]c3ccccc23)NC(=O)[C@@H]2Cc3ccccc3CN2C(=O)[C@@H]2CCCN2C1=O. The van der Waals surface area contributed by atoms with Gasteiger partial charge in [0, 0.05) is 69.5 Å². The molecule has 18 heteroatoms. The molecule has 0 aliphatic carbocycles. The fourth-order valence-electron chi connectivity index (χ4n) is 9.19. The Labute approximate surface area is 383 Å². The molecule has 0 bridgehead atoms. The molecule has 18 nitrogen and oxygen atoms in total. The second-order valence-electron chi connectivity index (χ2n) is 17.2. The largest absolute Gasteiger partial charge is 0.370 e. The lowest BCUT2D eigenvalue weighted by molar-refractivity contribution is -0.150. The third-order valence-corrected chi connectivity index (χ3v) is 12.5. The number of aromatic amines is 1. The van der Waals surface area contributed by atoms with Crippen LogP contribution in [0.25, 0.3) is 10.9 Å². The summed E-state index contributed by atoms with van der Waals surface area (Å²) in [5.41, 5.74) is 15.2. The summed E-state index contributed by atoms with van der Waals surface area (Å²) in [6.45, 7) is 1.87. The fourth-order valence-corrected chi connectivity index (χ4v) is 9.19. The van der Waals surface area contributed by atoms with E-state index in [0.717, 1.165) is 33.2 Å². The molecule has 3 aromatic carbocycles. The number of aliphatic imine (C=N–C) groups is 1. The number of para-hydroxylation sites is 1. The van der Waals surface area contributed by atoms with Crippen LogP contribution in [0.2, 0.25) is 0 Å². The van der Waals surface area contributed by atoms with Crippen molar-refractivity contribution in [3.63, 3.8) is 0 Å². The number of guanidine groups is 1. The quantitative estimate of drug-likeness (QED) is 0.0601. The maximum Gasteiger partial charge on any atom is 0.246 e. The highest BCUT2D eigenvalue weighted by Gasteiger charge is 2.44.